The molecule has 1 atom stereocenters. The van der Waals surface area contributed by atoms with Gasteiger partial charge in [-0.15, -0.1) is 0 Å². The molecule has 0 spiro atoms. The lowest BCUT2D eigenvalue weighted by atomic mass is 10.1. The summed E-state index contributed by atoms with van der Waals surface area (Å²) in [5.41, 5.74) is 2.49. The van der Waals surface area contributed by atoms with Crippen molar-refractivity contribution in [2.45, 2.75) is 44.8 Å². The second-order valence-electron chi connectivity index (χ2n) is 7.04. The standard InChI is InChI=1S/C17H17F5N6O2/c1-8-11(17(20,21)22)12(28(27-8)7-9-2-4-16(18,19)6-9)15(30)26-10-3-5-24-14(25-10)13(23)29/h3,5,9H,2,4,6-7H2,1H3,(H2,23,29)(H,24,25,26,30). The van der Waals surface area contributed by atoms with Gasteiger partial charge in [0, 0.05) is 25.6 Å². The smallest absolute Gasteiger partial charge is 0.363 e. The summed E-state index contributed by atoms with van der Waals surface area (Å²) in [6, 6.07) is 1.16. The van der Waals surface area contributed by atoms with Gasteiger partial charge in [0.1, 0.15) is 17.1 Å². The maximum atomic E-state index is 13.6. The van der Waals surface area contributed by atoms with Gasteiger partial charge in [0.05, 0.1) is 5.69 Å². The van der Waals surface area contributed by atoms with E-state index in [2.05, 4.69) is 20.4 Å². The van der Waals surface area contributed by atoms with Gasteiger partial charge >= 0.3 is 6.18 Å². The van der Waals surface area contributed by atoms with Crippen LogP contribution in [0.2, 0.25) is 0 Å². The highest BCUT2D eigenvalue weighted by molar-refractivity contribution is 6.04. The zero-order chi connectivity index (χ0) is 22.3. The number of amides is 2. The van der Waals surface area contributed by atoms with Gasteiger partial charge in [-0.1, -0.05) is 0 Å². The third kappa shape index (κ3) is 4.54. The van der Waals surface area contributed by atoms with Gasteiger partial charge in [-0.05, 0) is 25.3 Å². The Balaban J connectivity index is 1.95. The molecular weight excluding hydrogens is 415 g/mol. The number of hydrogen-bond acceptors (Lipinski definition) is 5. The maximum absolute atomic E-state index is 13.6. The molecule has 162 valence electrons. The van der Waals surface area contributed by atoms with Crippen LogP contribution in [-0.4, -0.2) is 37.5 Å². The molecule has 8 nitrogen and oxygen atoms in total. The number of halogens is 5. The molecule has 30 heavy (non-hydrogen) atoms. The normalized spacial score (nSPS) is 18.4. The van der Waals surface area contributed by atoms with Gasteiger partial charge < -0.3 is 11.1 Å². The maximum Gasteiger partial charge on any atom is 0.420 e. The van der Waals surface area contributed by atoms with Crippen LogP contribution >= 0.6 is 0 Å². The van der Waals surface area contributed by atoms with Crippen molar-refractivity contribution in [2.24, 2.45) is 11.7 Å². The fourth-order valence-electron chi connectivity index (χ4n) is 3.45. The molecule has 0 aliphatic heterocycles. The molecule has 1 unspecified atom stereocenters. The SMILES string of the molecule is Cc1nn(CC2CCC(F)(F)C2)c(C(=O)Nc2ccnc(C(N)=O)n2)c1C(F)(F)F. The first-order valence-corrected chi connectivity index (χ1v) is 8.84. The third-order valence-electron chi connectivity index (χ3n) is 4.68. The van der Waals surface area contributed by atoms with Gasteiger partial charge in [-0.25, -0.2) is 18.7 Å². The van der Waals surface area contributed by atoms with Crippen LogP contribution in [0.4, 0.5) is 27.8 Å². The molecule has 0 radical (unpaired) electrons. The Bertz CT molecular complexity index is 988. The van der Waals surface area contributed by atoms with Crippen molar-refractivity contribution in [2.75, 3.05) is 5.32 Å². The van der Waals surface area contributed by atoms with E-state index < -0.39 is 59.0 Å². The van der Waals surface area contributed by atoms with Crippen LogP contribution in [0.1, 0.15) is 51.6 Å². The number of nitrogens with two attached hydrogens (primary N) is 1. The summed E-state index contributed by atoms with van der Waals surface area (Å²) in [6.45, 7) is 0.806. The van der Waals surface area contributed by atoms with E-state index in [-0.39, 0.29) is 25.2 Å². The molecule has 3 N–H and O–H groups in total. The van der Waals surface area contributed by atoms with Gasteiger partial charge in [-0.2, -0.15) is 18.3 Å². The first kappa shape index (κ1) is 21.6. The average Bonchev–Trinajstić information content (AvgIpc) is 3.13. The molecule has 1 fully saturated rings. The number of aromatic nitrogens is 4. The number of primary amides is 1. The van der Waals surface area contributed by atoms with Crippen molar-refractivity contribution in [1.29, 1.82) is 0 Å². The molecule has 0 aromatic carbocycles. The summed E-state index contributed by atoms with van der Waals surface area (Å²) in [5, 5.41) is 5.93. The minimum atomic E-state index is -4.90. The minimum absolute atomic E-state index is 0.0994. The number of anilines is 1. The lowest BCUT2D eigenvalue weighted by molar-refractivity contribution is -0.138. The van der Waals surface area contributed by atoms with Crippen LogP contribution in [0.5, 0.6) is 0 Å². The van der Waals surface area contributed by atoms with Gasteiger partial charge in [0.2, 0.25) is 11.7 Å². The average molecular weight is 432 g/mol. The molecule has 2 aromatic heterocycles. The molecule has 2 amide bonds. The van der Waals surface area contributed by atoms with E-state index in [4.69, 9.17) is 5.73 Å². The highest BCUT2D eigenvalue weighted by atomic mass is 19.4. The Morgan fingerprint density at radius 3 is 2.63 bits per heavy atom. The van der Waals surface area contributed by atoms with Crippen molar-refractivity contribution >= 4 is 17.6 Å². The first-order valence-electron chi connectivity index (χ1n) is 8.84. The minimum Gasteiger partial charge on any atom is -0.363 e. The van der Waals surface area contributed by atoms with Gasteiger partial charge in [-0.3, -0.25) is 14.3 Å². The Morgan fingerprint density at radius 2 is 2.07 bits per heavy atom. The van der Waals surface area contributed by atoms with Gasteiger partial charge in [0.15, 0.2) is 0 Å². The van der Waals surface area contributed by atoms with Crippen LogP contribution in [0, 0.1) is 12.8 Å². The number of carbonyl (C=O) groups is 2. The van der Waals surface area contributed by atoms with Crippen molar-refractivity contribution in [3.05, 3.63) is 35.0 Å². The highest BCUT2D eigenvalue weighted by Gasteiger charge is 2.43. The largest absolute Gasteiger partial charge is 0.420 e. The van der Waals surface area contributed by atoms with E-state index in [1.807, 2.05) is 0 Å². The van der Waals surface area contributed by atoms with E-state index in [9.17, 15) is 31.5 Å². The highest BCUT2D eigenvalue weighted by Crippen LogP contribution is 2.40. The Hall–Kier alpha value is -3.12. The number of nitrogens with one attached hydrogen (secondary N) is 1. The number of hydrogen-bond donors (Lipinski definition) is 2. The van der Waals surface area contributed by atoms with Crippen molar-refractivity contribution in [1.82, 2.24) is 19.7 Å². The topological polar surface area (TPSA) is 116 Å². The van der Waals surface area contributed by atoms with Crippen LogP contribution in [-0.2, 0) is 12.7 Å². The van der Waals surface area contributed by atoms with Crippen molar-refractivity contribution in [3.63, 3.8) is 0 Å². The molecule has 2 heterocycles. The summed E-state index contributed by atoms with van der Waals surface area (Å²) >= 11 is 0. The van der Waals surface area contributed by atoms with Crippen LogP contribution in [0.15, 0.2) is 12.3 Å². The summed E-state index contributed by atoms with van der Waals surface area (Å²) in [5.74, 6) is -6.43. The second kappa shape index (κ2) is 7.61. The van der Waals surface area contributed by atoms with Crippen molar-refractivity contribution < 1.29 is 31.5 Å². The second-order valence-corrected chi connectivity index (χ2v) is 7.04. The Kier molecular flexibility index (Phi) is 5.48. The fraction of sp³-hybridized carbons (Fsp3) is 0.471. The number of aryl methyl sites for hydroxylation is 1. The molecular formula is C17H17F5N6O2. The van der Waals surface area contributed by atoms with E-state index in [1.165, 1.54) is 0 Å². The summed E-state index contributed by atoms with van der Waals surface area (Å²) in [7, 11) is 0. The predicted molar refractivity (Wildman–Crippen MR) is 92.8 cm³/mol. The Labute approximate surface area is 166 Å². The van der Waals surface area contributed by atoms with E-state index in [0.29, 0.717) is 0 Å². The fourth-order valence-corrected chi connectivity index (χ4v) is 3.45. The molecule has 13 heteroatoms. The van der Waals surface area contributed by atoms with Crippen molar-refractivity contribution in [3.8, 4) is 0 Å². The van der Waals surface area contributed by atoms with Crippen LogP contribution < -0.4 is 11.1 Å². The lowest BCUT2D eigenvalue weighted by Gasteiger charge is -2.15. The summed E-state index contributed by atoms with van der Waals surface area (Å²) in [4.78, 5) is 31.1. The van der Waals surface area contributed by atoms with E-state index >= 15 is 0 Å². The number of alkyl halides is 5. The first-order chi connectivity index (χ1) is 13.9. The molecule has 1 aliphatic carbocycles. The van der Waals surface area contributed by atoms with Crippen LogP contribution in [0.3, 0.4) is 0 Å². The molecule has 3 rings (SSSR count). The molecule has 0 bridgehead atoms. The zero-order valence-electron chi connectivity index (χ0n) is 15.6. The van der Waals surface area contributed by atoms with Gasteiger partial charge in [0.25, 0.3) is 11.8 Å². The number of rotatable bonds is 5. The number of nitrogens with zero attached hydrogens (tertiary/aromatic N) is 4. The van der Waals surface area contributed by atoms with E-state index in [0.717, 1.165) is 23.9 Å². The monoisotopic (exact) mass is 432 g/mol. The molecule has 1 aliphatic rings. The molecule has 1 saturated carbocycles. The van der Waals surface area contributed by atoms with Crippen LogP contribution in [0.25, 0.3) is 0 Å². The lowest BCUT2D eigenvalue weighted by Crippen LogP contribution is -2.25. The quantitative estimate of drug-likeness (QED) is 0.705. The molecule has 0 saturated heterocycles. The summed E-state index contributed by atoms with van der Waals surface area (Å²) < 4.78 is 68.5. The predicted octanol–water partition coefficient (Wildman–Crippen LogP) is 2.79. The summed E-state index contributed by atoms with van der Waals surface area (Å²) in [6.07, 6.45) is -4.58. The van der Waals surface area contributed by atoms with E-state index in [1.54, 1.807) is 0 Å². The number of carbonyl (C=O) groups excluding carboxylic acids is 2. The molecule has 2 aromatic rings. The Morgan fingerprint density at radius 1 is 1.37 bits per heavy atom. The zero-order valence-corrected chi connectivity index (χ0v) is 15.6. The third-order valence-corrected chi connectivity index (χ3v) is 4.68.